The number of carbonyl (C=O) groups is 2. The predicted molar refractivity (Wildman–Crippen MR) is 151 cm³/mol. The Morgan fingerprint density at radius 1 is 1.10 bits per heavy atom. The number of nitrogens with zero attached hydrogens (tertiary/aromatic N) is 4. The molecule has 2 aromatic carbocycles. The Bertz CT molecular complexity index is 1870. The summed E-state index contributed by atoms with van der Waals surface area (Å²) in [6, 6.07) is 13.2. The molecule has 0 spiro atoms. The summed E-state index contributed by atoms with van der Waals surface area (Å²) in [6.07, 6.45) is 1.73. The fourth-order valence-electron chi connectivity index (χ4n) is 4.90. The minimum atomic E-state index is -1.06. The van der Waals surface area contributed by atoms with Crippen molar-refractivity contribution in [3.63, 3.8) is 0 Å². The summed E-state index contributed by atoms with van der Waals surface area (Å²) in [5.41, 5.74) is 3.40. The first-order valence-electron chi connectivity index (χ1n) is 11.9. The van der Waals surface area contributed by atoms with Gasteiger partial charge in [-0.2, -0.15) is 0 Å². The van der Waals surface area contributed by atoms with Gasteiger partial charge in [0.1, 0.15) is 11.3 Å². The van der Waals surface area contributed by atoms with Crippen LogP contribution in [0.4, 0.5) is 5.13 Å². The fraction of sp³-hybridized carbons (Fsp3) is 0.143. The van der Waals surface area contributed by atoms with Crippen LogP contribution >= 0.6 is 27.3 Å². The fourth-order valence-corrected chi connectivity index (χ4v) is 6.45. The molecule has 1 fully saturated rings. The average molecular weight is 605 g/mol. The third-order valence-corrected chi connectivity index (χ3v) is 8.32. The highest BCUT2D eigenvalue weighted by Gasteiger charge is 2.49. The van der Waals surface area contributed by atoms with Crippen molar-refractivity contribution in [2.75, 3.05) is 12.0 Å². The minimum Gasteiger partial charge on any atom is -0.505 e. The van der Waals surface area contributed by atoms with Gasteiger partial charge in [0.2, 0.25) is 0 Å². The smallest absolute Gasteiger partial charge is 0.301 e. The van der Waals surface area contributed by atoms with Gasteiger partial charge >= 0.3 is 5.91 Å². The van der Waals surface area contributed by atoms with Crippen molar-refractivity contribution in [3.05, 3.63) is 87.3 Å². The number of aliphatic hydroxyl groups is 1. The number of benzene rings is 2. The van der Waals surface area contributed by atoms with E-state index >= 15 is 0 Å². The van der Waals surface area contributed by atoms with Gasteiger partial charge in [-0.3, -0.25) is 18.9 Å². The van der Waals surface area contributed by atoms with E-state index in [1.165, 1.54) is 29.4 Å². The number of hydrogen-bond acceptors (Lipinski definition) is 8. The number of hydrogen-bond donors (Lipinski definition) is 2. The lowest BCUT2D eigenvalue weighted by Gasteiger charge is -2.24. The number of phenolic OH excluding ortho intramolecular Hbond substituents is 1. The quantitative estimate of drug-likeness (QED) is 0.154. The number of rotatable bonds is 4. The molecular formula is C28H21BrN4O5S. The zero-order valence-electron chi connectivity index (χ0n) is 21.0. The van der Waals surface area contributed by atoms with E-state index in [4.69, 9.17) is 4.74 Å². The maximum Gasteiger partial charge on any atom is 0.301 e. The topological polar surface area (TPSA) is 117 Å². The molecule has 1 aliphatic heterocycles. The van der Waals surface area contributed by atoms with E-state index in [-0.39, 0.29) is 22.8 Å². The second-order valence-corrected chi connectivity index (χ2v) is 11.0. The van der Waals surface area contributed by atoms with Crippen LogP contribution in [0.2, 0.25) is 0 Å². The largest absolute Gasteiger partial charge is 0.505 e. The molecule has 0 bridgehead atoms. The van der Waals surface area contributed by atoms with Crippen molar-refractivity contribution < 1.29 is 24.5 Å². The number of imidazole rings is 1. The first-order chi connectivity index (χ1) is 18.7. The van der Waals surface area contributed by atoms with Gasteiger partial charge in [-0.05, 0) is 77.3 Å². The molecule has 1 amide bonds. The zero-order chi connectivity index (χ0) is 27.6. The Kier molecular flexibility index (Phi) is 5.92. The monoisotopic (exact) mass is 604 g/mol. The highest BCUT2D eigenvalue weighted by atomic mass is 79.9. The first-order valence-corrected chi connectivity index (χ1v) is 13.5. The van der Waals surface area contributed by atoms with Crippen LogP contribution in [0.5, 0.6) is 11.5 Å². The summed E-state index contributed by atoms with van der Waals surface area (Å²) < 4.78 is 8.18. The summed E-state index contributed by atoms with van der Waals surface area (Å²) in [5.74, 6) is -2.05. The number of halogens is 1. The number of ketones is 1. The number of aliphatic hydroxyl groups excluding tert-OH is 1. The number of aromatic hydroxyl groups is 1. The number of pyridine rings is 1. The Morgan fingerprint density at radius 3 is 2.67 bits per heavy atom. The molecule has 196 valence electrons. The Morgan fingerprint density at radius 2 is 1.90 bits per heavy atom. The van der Waals surface area contributed by atoms with Crippen LogP contribution in [-0.2, 0) is 9.59 Å². The molecule has 9 nitrogen and oxygen atoms in total. The predicted octanol–water partition coefficient (Wildman–Crippen LogP) is 5.66. The molecule has 2 N–H and O–H groups in total. The molecule has 1 unspecified atom stereocenters. The van der Waals surface area contributed by atoms with Crippen molar-refractivity contribution in [2.24, 2.45) is 0 Å². The van der Waals surface area contributed by atoms with Gasteiger partial charge in [0.15, 0.2) is 22.4 Å². The van der Waals surface area contributed by atoms with Crippen molar-refractivity contribution in [1.82, 2.24) is 14.4 Å². The number of anilines is 1. The molecule has 11 heteroatoms. The number of fused-ring (bicyclic) bond motifs is 2. The summed E-state index contributed by atoms with van der Waals surface area (Å²) in [4.78, 5) is 37.8. The van der Waals surface area contributed by atoms with Gasteiger partial charge < -0.3 is 14.9 Å². The summed E-state index contributed by atoms with van der Waals surface area (Å²) in [6.45, 7) is 3.69. The van der Waals surface area contributed by atoms with E-state index in [1.54, 1.807) is 35.7 Å². The number of carbonyl (C=O) groups excluding carboxylic acids is 2. The third-order valence-electron chi connectivity index (χ3n) is 6.70. The van der Waals surface area contributed by atoms with Gasteiger partial charge in [0.05, 0.1) is 39.1 Å². The van der Waals surface area contributed by atoms with Gasteiger partial charge in [-0.15, -0.1) is 0 Å². The van der Waals surface area contributed by atoms with E-state index in [2.05, 4.69) is 25.9 Å². The van der Waals surface area contributed by atoms with E-state index in [0.29, 0.717) is 37.7 Å². The molecule has 0 saturated carbocycles. The number of aryl methyl sites for hydroxylation is 2. The second kappa shape index (κ2) is 9.21. The summed E-state index contributed by atoms with van der Waals surface area (Å²) in [5, 5.41) is 22.5. The number of thiazole rings is 1. The van der Waals surface area contributed by atoms with E-state index in [1.807, 2.05) is 31.2 Å². The maximum atomic E-state index is 13.7. The molecule has 4 heterocycles. The van der Waals surface area contributed by atoms with Gasteiger partial charge in [-0.1, -0.05) is 23.5 Å². The number of methoxy groups -OCH3 is 1. The first kappa shape index (κ1) is 25.1. The third kappa shape index (κ3) is 3.88. The van der Waals surface area contributed by atoms with Crippen molar-refractivity contribution >= 4 is 65.7 Å². The van der Waals surface area contributed by atoms with Crippen molar-refractivity contribution in [1.29, 1.82) is 0 Å². The maximum absolute atomic E-state index is 13.7. The minimum absolute atomic E-state index is 0.121. The lowest BCUT2D eigenvalue weighted by molar-refractivity contribution is -0.132. The molecule has 1 aliphatic rings. The number of ether oxygens (including phenoxy) is 1. The second-order valence-electron chi connectivity index (χ2n) is 9.16. The normalized spacial score (nSPS) is 17.0. The van der Waals surface area contributed by atoms with Crippen LogP contribution in [0.15, 0.2) is 64.8 Å². The molecular weight excluding hydrogens is 584 g/mol. The Labute approximate surface area is 234 Å². The van der Waals surface area contributed by atoms with E-state index in [0.717, 1.165) is 10.3 Å². The molecule has 5 aromatic rings. The summed E-state index contributed by atoms with van der Waals surface area (Å²) >= 11 is 4.62. The number of phenols is 1. The Hall–Kier alpha value is -4.22. The van der Waals surface area contributed by atoms with Crippen LogP contribution in [-0.4, -0.2) is 43.4 Å². The molecule has 0 radical (unpaired) electrons. The molecule has 1 atom stereocenters. The number of aromatic nitrogens is 3. The lowest BCUT2D eigenvalue weighted by atomic mass is 9.96. The van der Waals surface area contributed by atoms with Crippen LogP contribution in [0.3, 0.4) is 0 Å². The average Bonchev–Trinajstić information content (AvgIpc) is 3.55. The molecule has 39 heavy (non-hydrogen) atoms. The Balaban J connectivity index is 1.65. The van der Waals surface area contributed by atoms with Gasteiger partial charge in [0.25, 0.3) is 5.78 Å². The van der Waals surface area contributed by atoms with Crippen LogP contribution in [0, 0.1) is 13.8 Å². The van der Waals surface area contributed by atoms with Crippen molar-refractivity contribution in [3.8, 4) is 11.5 Å². The number of Topliss-reactive ketones (excluding diaryl/α,β-unsaturated/α-hetero) is 1. The van der Waals surface area contributed by atoms with Gasteiger partial charge in [-0.25, -0.2) is 9.97 Å². The molecule has 1 saturated heterocycles. The molecule has 0 aliphatic carbocycles. The van der Waals surface area contributed by atoms with E-state index < -0.39 is 17.7 Å². The van der Waals surface area contributed by atoms with Crippen LogP contribution in [0.1, 0.15) is 28.6 Å². The highest BCUT2D eigenvalue weighted by molar-refractivity contribution is 9.10. The SMILES string of the molecule is COc1cc(C2/C(=C(\O)c3c(C)nc4ccccn34)C(=O)C(=O)N2c2nc3ccc(C)cc3s2)cc(Br)c1O. The molecule has 3 aromatic heterocycles. The summed E-state index contributed by atoms with van der Waals surface area (Å²) in [7, 11) is 1.40. The zero-order valence-corrected chi connectivity index (χ0v) is 23.4. The van der Waals surface area contributed by atoms with Crippen LogP contribution < -0.4 is 9.64 Å². The van der Waals surface area contributed by atoms with E-state index in [9.17, 15) is 19.8 Å². The molecule has 6 rings (SSSR count). The standard InChI is InChI=1S/C28H21BrN4O5S/c1-13-7-8-17-19(10-13)39-28(31-17)33-23(15-11-16(29)24(34)18(12-15)38-3)21(26(36)27(33)37)25(35)22-14(2)30-20-6-4-5-9-32(20)22/h4-12,23,34-35H,1-3H3/b25-21+. The highest BCUT2D eigenvalue weighted by Crippen LogP contribution is 2.47. The van der Waals surface area contributed by atoms with Crippen molar-refractivity contribution in [2.45, 2.75) is 19.9 Å². The number of amides is 1. The lowest BCUT2D eigenvalue weighted by Crippen LogP contribution is -2.29. The van der Waals surface area contributed by atoms with Crippen LogP contribution in [0.25, 0.3) is 21.6 Å². The van der Waals surface area contributed by atoms with Gasteiger partial charge in [0, 0.05) is 6.20 Å².